The maximum Gasteiger partial charge on any atom is 0.148 e. The van der Waals surface area contributed by atoms with Gasteiger partial charge in [-0.15, -0.1) is 0 Å². The van der Waals surface area contributed by atoms with E-state index in [2.05, 4.69) is 10.2 Å². The van der Waals surface area contributed by atoms with Crippen molar-refractivity contribution in [2.45, 2.75) is 31.3 Å². The van der Waals surface area contributed by atoms with Crippen LogP contribution < -0.4 is 15.8 Å². The van der Waals surface area contributed by atoms with Gasteiger partial charge in [-0.2, -0.15) is 0 Å². The molecule has 4 nitrogen and oxygen atoms in total. The van der Waals surface area contributed by atoms with Gasteiger partial charge in [-0.05, 0) is 19.3 Å². The Hall–Kier alpha value is -1.49. The standard InChI is InChI=1S/C14H20FN3O/c1-19-14-7-13(11(15)6-12(14)16)17-9-4-5-18(8-9)10-2-3-10/h6-7,9-10,17H,2-5,8,16H2,1H3. The number of nitrogens with two attached hydrogens (primary N) is 1. The average Bonchev–Trinajstić information content (AvgIpc) is 3.13. The first-order valence-corrected chi connectivity index (χ1v) is 6.81. The van der Waals surface area contributed by atoms with Gasteiger partial charge in [0.15, 0.2) is 0 Å². The van der Waals surface area contributed by atoms with E-state index in [-0.39, 0.29) is 5.82 Å². The lowest BCUT2D eigenvalue weighted by Crippen LogP contribution is -2.28. The van der Waals surface area contributed by atoms with Crippen LogP contribution >= 0.6 is 0 Å². The maximum atomic E-state index is 13.9. The van der Waals surface area contributed by atoms with Crippen molar-refractivity contribution in [3.8, 4) is 5.75 Å². The first-order valence-electron chi connectivity index (χ1n) is 6.81. The molecule has 1 aromatic rings. The number of hydrogen-bond acceptors (Lipinski definition) is 4. The molecule has 1 heterocycles. The van der Waals surface area contributed by atoms with Crippen molar-refractivity contribution >= 4 is 11.4 Å². The van der Waals surface area contributed by atoms with Gasteiger partial charge in [0.05, 0.1) is 18.5 Å². The summed E-state index contributed by atoms with van der Waals surface area (Å²) < 4.78 is 19.0. The van der Waals surface area contributed by atoms with E-state index in [0.29, 0.717) is 23.2 Å². The van der Waals surface area contributed by atoms with Gasteiger partial charge in [-0.3, -0.25) is 4.90 Å². The molecule has 5 heteroatoms. The number of nitrogens with zero attached hydrogens (tertiary/aromatic N) is 1. The first kappa shape index (κ1) is 12.5. The minimum atomic E-state index is -0.317. The molecule has 2 fully saturated rings. The maximum absolute atomic E-state index is 13.9. The second kappa shape index (κ2) is 4.89. The van der Waals surface area contributed by atoms with Gasteiger partial charge in [0.1, 0.15) is 11.6 Å². The molecule has 19 heavy (non-hydrogen) atoms. The Morgan fingerprint density at radius 1 is 1.37 bits per heavy atom. The van der Waals surface area contributed by atoms with Crippen LogP contribution in [0.1, 0.15) is 19.3 Å². The smallest absolute Gasteiger partial charge is 0.148 e. The van der Waals surface area contributed by atoms with Crippen LogP contribution in [0.4, 0.5) is 15.8 Å². The summed E-state index contributed by atoms with van der Waals surface area (Å²) in [4.78, 5) is 2.49. The van der Waals surface area contributed by atoms with Crippen molar-refractivity contribution in [1.29, 1.82) is 0 Å². The highest BCUT2D eigenvalue weighted by atomic mass is 19.1. The van der Waals surface area contributed by atoms with Gasteiger partial charge < -0.3 is 15.8 Å². The second-order valence-electron chi connectivity index (χ2n) is 5.43. The predicted molar refractivity (Wildman–Crippen MR) is 74.0 cm³/mol. The Bertz CT molecular complexity index is 476. The number of rotatable bonds is 4. The summed E-state index contributed by atoms with van der Waals surface area (Å²) in [6, 6.07) is 4.04. The molecule has 1 atom stereocenters. The minimum absolute atomic E-state index is 0.309. The summed E-state index contributed by atoms with van der Waals surface area (Å²) in [5, 5.41) is 3.27. The fourth-order valence-electron chi connectivity index (χ4n) is 2.75. The molecular weight excluding hydrogens is 245 g/mol. The Morgan fingerprint density at radius 3 is 2.84 bits per heavy atom. The number of likely N-dealkylation sites (tertiary alicyclic amines) is 1. The third-order valence-electron chi connectivity index (χ3n) is 3.96. The zero-order valence-electron chi connectivity index (χ0n) is 11.2. The quantitative estimate of drug-likeness (QED) is 0.818. The molecule has 1 saturated heterocycles. The summed E-state index contributed by atoms with van der Waals surface area (Å²) in [6.45, 7) is 2.10. The summed E-state index contributed by atoms with van der Waals surface area (Å²) in [5.74, 6) is 0.198. The van der Waals surface area contributed by atoms with Crippen molar-refractivity contribution in [3.05, 3.63) is 17.9 Å². The van der Waals surface area contributed by atoms with Crippen molar-refractivity contribution in [2.24, 2.45) is 0 Å². The number of nitrogen functional groups attached to an aromatic ring is 1. The minimum Gasteiger partial charge on any atom is -0.495 e. The van der Waals surface area contributed by atoms with Gasteiger partial charge in [0.25, 0.3) is 0 Å². The van der Waals surface area contributed by atoms with Gasteiger partial charge in [-0.1, -0.05) is 0 Å². The molecule has 104 valence electrons. The topological polar surface area (TPSA) is 50.5 Å². The van der Waals surface area contributed by atoms with E-state index in [1.807, 2.05) is 0 Å². The zero-order chi connectivity index (χ0) is 13.4. The molecule has 0 spiro atoms. The highest BCUT2D eigenvalue weighted by Crippen LogP contribution is 2.32. The average molecular weight is 265 g/mol. The molecule has 1 saturated carbocycles. The fraction of sp³-hybridized carbons (Fsp3) is 0.571. The summed E-state index contributed by atoms with van der Waals surface area (Å²) in [5.41, 5.74) is 6.49. The fourth-order valence-corrected chi connectivity index (χ4v) is 2.75. The molecule has 1 aliphatic carbocycles. The molecule has 0 bridgehead atoms. The van der Waals surface area contributed by atoms with E-state index in [4.69, 9.17) is 10.5 Å². The number of ether oxygens (including phenoxy) is 1. The van der Waals surface area contributed by atoms with Crippen molar-refractivity contribution in [2.75, 3.05) is 31.2 Å². The van der Waals surface area contributed by atoms with E-state index in [9.17, 15) is 4.39 Å². The highest BCUT2D eigenvalue weighted by molar-refractivity contribution is 5.62. The van der Waals surface area contributed by atoms with Crippen LogP contribution in [-0.4, -0.2) is 37.2 Å². The van der Waals surface area contributed by atoms with E-state index in [1.165, 1.54) is 26.0 Å². The number of methoxy groups -OCH3 is 1. The lowest BCUT2D eigenvalue weighted by atomic mass is 10.2. The van der Waals surface area contributed by atoms with Crippen LogP contribution in [0.5, 0.6) is 5.75 Å². The van der Waals surface area contributed by atoms with Gasteiger partial charge in [-0.25, -0.2) is 4.39 Å². The monoisotopic (exact) mass is 265 g/mol. The second-order valence-corrected chi connectivity index (χ2v) is 5.43. The predicted octanol–water partition coefficient (Wildman–Crippen LogP) is 2.07. The Kier molecular flexibility index (Phi) is 3.22. The van der Waals surface area contributed by atoms with Gasteiger partial charge in [0, 0.05) is 37.3 Å². The number of nitrogens with one attached hydrogen (secondary N) is 1. The molecule has 1 aromatic carbocycles. The molecule has 3 rings (SSSR count). The van der Waals surface area contributed by atoms with E-state index in [0.717, 1.165) is 25.6 Å². The molecule has 0 radical (unpaired) electrons. The van der Waals surface area contributed by atoms with Crippen LogP contribution in [0, 0.1) is 5.82 Å². The van der Waals surface area contributed by atoms with E-state index < -0.39 is 0 Å². The summed E-state index contributed by atoms with van der Waals surface area (Å²) in [7, 11) is 1.54. The molecule has 2 aliphatic rings. The molecule has 1 aliphatic heterocycles. The van der Waals surface area contributed by atoms with Crippen LogP contribution in [0.25, 0.3) is 0 Å². The Balaban J connectivity index is 1.69. The van der Waals surface area contributed by atoms with E-state index >= 15 is 0 Å². The SMILES string of the molecule is COc1cc(NC2CCN(C3CC3)C2)c(F)cc1N. The van der Waals surface area contributed by atoms with Crippen LogP contribution in [0.3, 0.4) is 0 Å². The van der Waals surface area contributed by atoms with Crippen LogP contribution in [0.15, 0.2) is 12.1 Å². The molecule has 3 N–H and O–H groups in total. The van der Waals surface area contributed by atoms with Crippen LogP contribution in [0.2, 0.25) is 0 Å². The Morgan fingerprint density at radius 2 is 2.16 bits per heavy atom. The van der Waals surface area contributed by atoms with Crippen molar-refractivity contribution < 1.29 is 9.13 Å². The molecule has 0 aromatic heterocycles. The first-order chi connectivity index (χ1) is 9.17. The molecule has 1 unspecified atom stereocenters. The number of benzene rings is 1. The van der Waals surface area contributed by atoms with E-state index in [1.54, 1.807) is 6.07 Å². The number of halogens is 1. The lowest BCUT2D eigenvalue weighted by molar-refractivity contribution is 0.326. The third kappa shape index (κ3) is 2.61. The summed E-state index contributed by atoms with van der Waals surface area (Å²) in [6.07, 6.45) is 3.69. The Labute approximate surface area is 112 Å². The largest absolute Gasteiger partial charge is 0.495 e. The lowest BCUT2D eigenvalue weighted by Gasteiger charge is -2.18. The van der Waals surface area contributed by atoms with Crippen molar-refractivity contribution in [3.63, 3.8) is 0 Å². The summed E-state index contributed by atoms with van der Waals surface area (Å²) >= 11 is 0. The van der Waals surface area contributed by atoms with Gasteiger partial charge >= 0.3 is 0 Å². The van der Waals surface area contributed by atoms with Gasteiger partial charge in [0.2, 0.25) is 0 Å². The molecule has 0 amide bonds. The zero-order valence-corrected chi connectivity index (χ0v) is 11.2. The molecular formula is C14H20FN3O. The third-order valence-corrected chi connectivity index (χ3v) is 3.96. The number of hydrogen-bond donors (Lipinski definition) is 2. The van der Waals surface area contributed by atoms with Crippen LogP contribution in [-0.2, 0) is 0 Å². The van der Waals surface area contributed by atoms with Crippen molar-refractivity contribution in [1.82, 2.24) is 4.90 Å². The number of anilines is 2. The normalized spacial score (nSPS) is 23.6. The highest BCUT2D eigenvalue weighted by Gasteiger charge is 2.34.